The number of methoxy groups -OCH3 is 1. The molecule has 1 fully saturated rings. The van der Waals surface area contributed by atoms with Crippen LogP contribution in [0.4, 0.5) is 0 Å². The van der Waals surface area contributed by atoms with Crippen LogP contribution in [0.5, 0.6) is 0 Å². The normalized spacial score (nSPS) is 27.3. The number of rotatable bonds is 7. The molecule has 1 heterocycles. The SMILES string of the molecule is COCCOC1CO[C@H](COC(C)(C)C)[C@H]1OC(C)(C)C. The molecule has 1 rings (SSSR count). The summed E-state index contributed by atoms with van der Waals surface area (Å²) in [7, 11) is 1.66. The average Bonchev–Trinajstić information content (AvgIpc) is 2.67. The molecule has 1 aliphatic rings. The summed E-state index contributed by atoms with van der Waals surface area (Å²) < 4.78 is 28.7. The van der Waals surface area contributed by atoms with Gasteiger partial charge in [0.25, 0.3) is 0 Å². The van der Waals surface area contributed by atoms with Crippen molar-refractivity contribution in [2.75, 3.05) is 33.5 Å². The maximum Gasteiger partial charge on any atom is 0.115 e. The van der Waals surface area contributed by atoms with E-state index in [1.165, 1.54) is 0 Å². The van der Waals surface area contributed by atoms with Crippen LogP contribution in [0, 0.1) is 0 Å². The van der Waals surface area contributed by atoms with E-state index in [9.17, 15) is 0 Å². The maximum atomic E-state index is 6.15. The molecule has 0 aliphatic carbocycles. The van der Waals surface area contributed by atoms with Crippen LogP contribution < -0.4 is 0 Å². The van der Waals surface area contributed by atoms with Crippen molar-refractivity contribution in [3.63, 3.8) is 0 Å². The fourth-order valence-electron chi connectivity index (χ4n) is 2.11. The summed E-state index contributed by atoms with van der Waals surface area (Å²) in [6.45, 7) is 14.4. The second kappa shape index (κ2) is 7.88. The Hall–Kier alpha value is -0.200. The molecule has 1 unspecified atom stereocenters. The van der Waals surface area contributed by atoms with Crippen LogP contribution in [-0.2, 0) is 23.7 Å². The fourth-order valence-corrected chi connectivity index (χ4v) is 2.11. The Labute approximate surface area is 129 Å². The van der Waals surface area contributed by atoms with E-state index < -0.39 is 0 Å². The van der Waals surface area contributed by atoms with Crippen molar-refractivity contribution >= 4 is 0 Å². The summed E-state index contributed by atoms with van der Waals surface area (Å²) in [6.07, 6.45) is -0.298. The molecular formula is C16H32O5. The third kappa shape index (κ3) is 7.56. The molecule has 1 aliphatic heterocycles. The van der Waals surface area contributed by atoms with E-state index in [2.05, 4.69) is 0 Å². The summed E-state index contributed by atoms with van der Waals surface area (Å²) in [5.74, 6) is 0. The van der Waals surface area contributed by atoms with Crippen molar-refractivity contribution in [3.05, 3.63) is 0 Å². The molecule has 0 spiro atoms. The minimum Gasteiger partial charge on any atom is -0.382 e. The molecule has 21 heavy (non-hydrogen) atoms. The molecule has 0 aromatic rings. The van der Waals surface area contributed by atoms with E-state index in [1.807, 2.05) is 41.5 Å². The summed E-state index contributed by atoms with van der Waals surface area (Å²) in [4.78, 5) is 0. The largest absolute Gasteiger partial charge is 0.382 e. The molecular weight excluding hydrogens is 272 g/mol. The highest BCUT2D eigenvalue weighted by molar-refractivity contribution is 4.88. The van der Waals surface area contributed by atoms with Crippen molar-refractivity contribution < 1.29 is 23.7 Å². The highest BCUT2D eigenvalue weighted by Gasteiger charge is 2.41. The van der Waals surface area contributed by atoms with Crippen LogP contribution in [0.25, 0.3) is 0 Å². The quantitative estimate of drug-likeness (QED) is 0.676. The zero-order valence-electron chi connectivity index (χ0n) is 14.6. The van der Waals surface area contributed by atoms with Gasteiger partial charge in [-0.2, -0.15) is 0 Å². The van der Waals surface area contributed by atoms with Gasteiger partial charge in [-0.05, 0) is 41.5 Å². The first-order chi connectivity index (χ1) is 9.62. The molecule has 0 amide bonds. The molecule has 1 saturated heterocycles. The van der Waals surface area contributed by atoms with Crippen LogP contribution in [0.3, 0.4) is 0 Å². The number of ether oxygens (including phenoxy) is 5. The fraction of sp³-hybridized carbons (Fsp3) is 1.00. The first kappa shape index (κ1) is 18.8. The summed E-state index contributed by atoms with van der Waals surface area (Å²) >= 11 is 0. The Morgan fingerprint density at radius 1 is 1.00 bits per heavy atom. The van der Waals surface area contributed by atoms with Gasteiger partial charge in [0.05, 0.1) is 37.6 Å². The average molecular weight is 304 g/mol. The Kier molecular flexibility index (Phi) is 7.07. The van der Waals surface area contributed by atoms with Crippen molar-refractivity contribution in [2.45, 2.75) is 71.1 Å². The molecule has 0 aromatic heterocycles. The second-order valence-electron chi connectivity index (χ2n) is 7.39. The number of hydrogen-bond donors (Lipinski definition) is 0. The monoisotopic (exact) mass is 304 g/mol. The third-order valence-electron chi connectivity index (χ3n) is 3.00. The van der Waals surface area contributed by atoms with Gasteiger partial charge in [0.2, 0.25) is 0 Å². The summed E-state index contributed by atoms with van der Waals surface area (Å²) in [5.41, 5.74) is -0.439. The highest BCUT2D eigenvalue weighted by Crippen LogP contribution is 2.26. The Morgan fingerprint density at radius 3 is 2.19 bits per heavy atom. The van der Waals surface area contributed by atoms with E-state index in [1.54, 1.807) is 7.11 Å². The lowest BCUT2D eigenvalue weighted by atomic mass is 10.1. The molecule has 0 saturated carbocycles. The van der Waals surface area contributed by atoms with Gasteiger partial charge in [-0.3, -0.25) is 0 Å². The predicted octanol–water partition coefficient (Wildman–Crippen LogP) is 2.42. The van der Waals surface area contributed by atoms with Gasteiger partial charge in [-0.15, -0.1) is 0 Å². The van der Waals surface area contributed by atoms with Gasteiger partial charge in [0.15, 0.2) is 0 Å². The van der Waals surface area contributed by atoms with Crippen LogP contribution in [0.2, 0.25) is 0 Å². The van der Waals surface area contributed by atoms with E-state index in [4.69, 9.17) is 23.7 Å². The van der Waals surface area contributed by atoms with Crippen LogP contribution in [0.1, 0.15) is 41.5 Å². The van der Waals surface area contributed by atoms with Gasteiger partial charge in [0, 0.05) is 7.11 Å². The van der Waals surface area contributed by atoms with E-state index >= 15 is 0 Å². The minimum atomic E-state index is -0.249. The molecule has 0 aromatic carbocycles. The van der Waals surface area contributed by atoms with Gasteiger partial charge < -0.3 is 23.7 Å². The van der Waals surface area contributed by atoms with Crippen molar-refractivity contribution in [1.82, 2.24) is 0 Å². The van der Waals surface area contributed by atoms with Crippen LogP contribution in [0.15, 0.2) is 0 Å². The molecule has 126 valence electrons. The first-order valence-electron chi connectivity index (χ1n) is 7.66. The van der Waals surface area contributed by atoms with E-state index in [-0.39, 0.29) is 29.5 Å². The van der Waals surface area contributed by atoms with Crippen LogP contribution >= 0.6 is 0 Å². The predicted molar refractivity (Wildman–Crippen MR) is 81.7 cm³/mol. The van der Waals surface area contributed by atoms with Gasteiger partial charge in [0.1, 0.15) is 18.3 Å². The maximum absolute atomic E-state index is 6.15. The molecule has 5 heteroatoms. The first-order valence-corrected chi connectivity index (χ1v) is 7.66. The molecule has 0 N–H and O–H groups in total. The lowest BCUT2D eigenvalue weighted by Crippen LogP contribution is -2.43. The minimum absolute atomic E-state index is 0.0760. The zero-order chi connectivity index (χ0) is 16.1. The van der Waals surface area contributed by atoms with Gasteiger partial charge >= 0.3 is 0 Å². The van der Waals surface area contributed by atoms with Crippen molar-refractivity contribution in [3.8, 4) is 0 Å². The standard InChI is InChI=1S/C16H32O5/c1-15(2,3)20-11-13-14(21-16(4,5)6)12(10-19-13)18-9-8-17-7/h12-14H,8-11H2,1-7H3/t12?,13-,14+/m1/s1. The van der Waals surface area contributed by atoms with Crippen LogP contribution in [-0.4, -0.2) is 63.1 Å². The van der Waals surface area contributed by atoms with Gasteiger partial charge in [-0.1, -0.05) is 0 Å². The molecule has 5 nitrogen and oxygen atoms in total. The second-order valence-corrected chi connectivity index (χ2v) is 7.39. The smallest absolute Gasteiger partial charge is 0.115 e. The van der Waals surface area contributed by atoms with Crippen molar-refractivity contribution in [2.24, 2.45) is 0 Å². The Morgan fingerprint density at radius 2 is 1.67 bits per heavy atom. The Bertz CT molecular complexity index is 292. The highest BCUT2D eigenvalue weighted by atomic mass is 16.6. The lowest BCUT2D eigenvalue weighted by Gasteiger charge is -2.32. The van der Waals surface area contributed by atoms with E-state index in [0.29, 0.717) is 26.4 Å². The topological polar surface area (TPSA) is 46.2 Å². The number of hydrogen-bond acceptors (Lipinski definition) is 5. The molecule has 0 radical (unpaired) electrons. The lowest BCUT2D eigenvalue weighted by molar-refractivity contribution is -0.145. The van der Waals surface area contributed by atoms with Gasteiger partial charge in [-0.25, -0.2) is 0 Å². The summed E-state index contributed by atoms with van der Waals surface area (Å²) in [6, 6.07) is 0. The van der Waals surface area contributed by atoms with Crippen molar-refractivity contribution in [1.29, 1.82) is 0 Å². The molecule has 0 bridgehead atoms. The molecule has 3 atom stereocenters. The third-order valence-corrected chi connectivity index (χ3v) is 3.00. The van der Waals surface area contributed by atoms with E-state index in [0.717, 1.165) is 0 Å². The summed E-state index contributed by atoms with van der Waals surface area (Å²) in [5, 5.41) is 0. The Balaban J connectivity index is 2.60. The zero-order valence-corrected chi connectivity index (χ0v) is 14.6.